The van der Waals surface area contributed by atoms with Gasteiger partial charge in [0.05, 0.1) is 17.9 Å². The van der Waals surface area contributed by atoms with Crippen LogP contribution in [0.15, 0.2) is 53.8 Å². The van der Waals surface area contributed by atoms with Crippen LogP contribution >= 0.6 is 0 Å². The maximum atomic E-state index is 12.4. The molecule has 3 aromatic rings. The highest BCUT2D eigenvalue weighted by Gasteiger charge is 2.24. The van der Waals surface area contributed by atoms with Gasteiger partial charge in [-0.3, -0.25) is 9.36 Å². The molecule has 23 heavy (non-hydrogen) atoms. The van der Waals surface area contributed by atoms with Crippen LogP contribution in [0.2, 0.25) is 0 Å². The van der Waals surface area contributed by atoms with Crippen LogP contribution < -0.4 is 5.32 Å². The normalized spacial score (nSPS) is 16.8. The summed E-state index contributed by atoms with van der Waals surface area (Å²) in [5.41, 5.74) is 1.64. The summed E-state index contributed by atoms with van der Waals surface area (Å²) in [4.78, 5) is 20.7. The third-order valence-corrected chi connectivity index (χ3v) is 4.14. The van der Waals surface area contributed by atoms with Crippen molar-refractivity contribution in [2.24, 2.45) is 0 Å². The number of imidazole rings is 1. The lowest BCUT2D eigenvalue weighted by molar-refractivity contribution is 0.0932. The van der Waals surface area contributed by atoms with E-state index in [-0.39, 0.29) is 11.9 Å². The van der Waals surface area contributed by atoms with Crippen LogP contribution in [0, 0.1) is 0 Å². The van der Waals surface area contributed by atoms with Gasteiger partial charge in [-0.1, -0.05) is 0 Å². The van der Waals surface area contributed by atoms with Crippen molar-refractivity contribution >= 4 is 5.91 Å². The summed E-state index contributed by atoms with van der Waals surface area (Å²) in [6, 6.07) is 5.54. The summed E-state index contributed by atoms with van der Waals surface area (Å²) >= 11 is 0. The van der Waals surface area contributed by atoms with E-state index in [9.17, 15) is 4.79 Å². The molecule has 1 aliphatic carbocycles. The lowest BCUT2D eigenvalue weighted by atomic mass is 9.93. The molecule has 0 bridgehead atoms. The Hall–Kier alpha value is -2.89. The molecule has 1 N–H and O–H groups in total. The molecular formula is C17H16N4O2. The molecule has 0 fully saturated rings. The number of furan rings is 1. The maximum absolute atomic E-state index is 12.4. The van der Waals surface area contributed by atoms with Gasteiger partial charge < -0.3 is 9.73 Å². The lowest BCUT2D eigenvalue weighted by Gasteiger charge is -2.22. The van der Waals surface area contributed by atoms with Crippen LogP contribution in [0.3, 0.4) is 0 Å². The minimum Gasteiger partial charge on any atom is -0.469 e. The Bertz CT molecular complexity index is 806. The van der Waals surface area contributed by atoms with E-state index in [1.807, 2.05) is 12.3 Å². The quantitative estimate of drug-likeness (QED) is 0.807. The molecule has 0 unspecified atom stereocenters. The van der Waals surface area contributed by atoms with Gasteiger partial charge in [0.25, 0.3) is 5.91 Å². The summed E-state index contributed by atoms with van der Waals surface area (Å²) in [5, 5.41) is 3.07. The standard InChI is InChI=1S/C17H16N4O2/c22-17(20-14-2-1-3-15-13(14)6-9-23-15)12-4-5-16(19-10-12)21-8-7-18-11-21/h4-11,14H,1-3H2,(H,20,22)/t14-/m0/s1. The number of nitrogens with zero attached hydrogens (tertiary/aromatic N) is 3. The molecule has 4 rings (SSSR count). The minimum absolute atomic E-state index is 0.0123. The molecule has 3 heterocycles. The number of hydrogen-bond donors (Lipinski definition) is 1. The van der Waals surface area contributed by atoms with Gasteiger partial charge in [-0.2, -0.15) is 0 Å². The summed E-state index contributed by atoms with van der Waals surface area (Å²) in [6.45, 7) is 0. The highest BCUT2D eigenvalue weighted by Crippen LogP contribution is 2.30. The third kappa shape index (κ3) is 2.63. The number of amides is 1. The molecule has 1 atom stereocenters. The molecule has 116 valence electrons. The molecule has 0 saturated carbocycles. The number of rotatable bonds is 3. The van der Waals surface area contributed by atoms with E-state index < -0.39 is 0 Å². The summed E-state index contributed by atoms with van der Waals surface area (Å²) in [6.07, 6.45) is 11.3. The highest BCUT2D eigenvalue weighted by atomic mass is 16.3. The fraction of sp³-hybridized carbons (Fsp3) is 0.235. The van der Waals surface area contributed by atoms with Crippen molar-refractivity contribution in [3.05, 3.63) is 66.3 Å². The number of fused-ring (bicyclic) bond motifs is 1. The number of carbonyl (C=O) groups is 1. The first-order valence-corrected chi connectivity index (χ1v) is 7.63. The number of aromatic nitrogens is 3. The van der Waals surface area contributed by atoms with Crippen molar-refractivity contribution in [1.82, 2.24) is 19.9 Å². The Labute approximate surface area is 133 Å². The molecule has 1 amide bonds. The molecule has 6 heteroatoms. The molecule has 1 aliphatic rings. The van der Waals surface area contributed by atoms with E-state index in [0.29, 0.717) is 5.56 Å². The Morgan fingerprint density at radius 3 is 3.09 bits per heavy atom. The van der Waals surface area contributed by atoms with Crippen LogP contribution in [0.4, 0.5) is 0 Å². The second-order valence-corrected chi connectivity index (χ2v) is 5.59. The highest BCUT2D eigenvalue weighted by molar-refractivity contribution is 5.94. The molecule has 0 spiro atoms. The number of pyridine rings is 1. The Kier molecular flexibility index (Phi) is 3.42. The SMILES string of the molecule is O=C(N[C@H]1CCCc2occc21)c1ccc(-n2ccnc2)nc1. The first-order valence-electron chi connectivity index (χ1n) is 7.63. The van der Waals surface area contributed by atoms with Gasteiger partial charge in [0, 0.05) is 30.6 Å². The largest absolute Gasteiger partial charge is 0.469 e. The molecule has 0 aliphatic heterocycles. The Morgan fingerprint density at radius 2 is 2.30 bits per heavy atom. The maximum Gasteiger partial charge on any atom is 0.253 e. The fourth-order valence-corrected chi connectivity index (χ4v) is 2.95. The summed E-state index contributed by atoms with van der Waals surface area (Å²) in [5.74, 6) is 1.60. The van der Waals surface area contributed by atoms with E-state index in [4.69, 9.17) is 4.42 Å². The minimum atomic E-state index is -0.117. The van der Waals surface area contributed by atoms with Crippen molar-refractivity contribution < 1.29 is 9.21 Å². The average molecular weight is 308 g/mol. The Morgan fingerprint density at radius 1 is 1.35 bits per heavy atom. The van der Waals surface area contributed by atoms with E-state index in [1.165, 1.54) is 0 Å². The van der Waals surface area contributed by atoms with Crippen LogP contribution in [-0.2, 0) is 6.42 Å². The van der Waals surface area contributed by atoms with Crippen LogP contribution in [-0.4, -0.2) is 20.4 Å². The van der Waals surface area contributed by atoms with Crippen molar-refractivity contribution in [3.8, 4) is 5.82 Å². The molecule has 0 radical (unpaired) electrons. The third-order valence-electron chi connectivity index (χ3n) is 4.14. The van der Waals surface area contributed by atoms with Crippen molar-refractivity contribution in [2.45, 2.75) is 25.3 Å². The monoisotopic (exact) mass is 308 g/mol. The molecule has 3 aromatic heterocycles. The van der Waals surface area contributed by atoms with Crippen molar-refractivity contribution in [3.63, 3.8) is 0 Å². The zero-order valence-electron chi connectivity index (χ0n) is 12.5. The zero-order chi connectivity index (χ0) is 15.6. The summed E-state index contributed by atoms with van der Waals surface area (Å²) in [7, 11) is 0. The number of carbonyl (C=O) groups excluding carboxylic acids is 1. The van der Waals surface area contributed by atoms with Gasteiger partial charge in [0.15, 0.2) is 0 Å². The van der Waals surface area contributed by atoms with Crippen molar-refractivity contribution in [1.29, 1.82) is 0 Å². The van der Waals surface area contributed by atoms with Crippen molar-refractivity contribution in [2.75, 3.05) is 0 Å². The Balaban J connectivity index is 1.50. The summed E-state index contributed by atoms with van der Waals surface area (Å²) < 4.78 is 7.25. The second-order valence-electron chi connectivity index (χ2n) is 5.59. The van der Waals surface area contributed by atoms with Gasteiger partial charge in [0.2, 0.25) is 0 Å². The molecular weight excluding hydrogens is 292 g/mol. The molecule has 0 aromatic carbocycles. The first-order chi connectivity index (χ1) is 11.3. The number of aryl methyl sites for hydroxylation is 1. The van der Waals surface area contributed by atoms with Gasteiger partial charge in [0.1, 0.15) is 17.9 Å². The first kappa shape index (κ1) is 13.8. The van der Waals surface area contributed by atoms with Crippen LogP contribution in [0.5, 0.6) is 0 Å². The van der Waals surface area contributed by atoms with E-state index in [1.54, 1.807) is 41.7 Å². The smallest absolute Gasteiger partial charge is 0.253 e. The van der Waals surface area contributed by atoms with E-state index in [0.717, 1.165) is 36.4 Å². The van der Waals surface area contributed by atoms with E-state index in [2.05, 4.69) is 15.3 Å². The number of hydrogen-bond acceptors (Lipinski definition) is 4. The molecule has 0 saturated heterocycles. The van der Waals surface area contributed by atoms with Gasteiger partial charge in [-0.15, -0.1) is 0 Å². The average Bonchev–Trinajstić information content (AvgIpc) is 3.27. The van der Waals surface area contributed by atoms with Crippen LogP contribution in [0.1, 0.15) is 40.6 Å². The van der Waals surface area contributed by atoms with E-state index >= 15 is 0 Å². The predicted molar refractivity (Wildman–Crippen MR) is 83.2 cm³/mol. The van der Waals surface area contributed by atoms with Gasteiger partial charge in [-0.05, 0) is 31.0 Å². The second kappa shape index (κ2) is 5.72. The van der Waals surface area contributed by atoms with Gasteiger partial charge >= 0.3 is 0 Å². The predicted octanol–water partition coefficient (Wildman–Crippen LogP) is 2.67. The fourth-order valence-electron chi connectivity index (χ4n) is 2.95. The topological polar surface area (TPSA) is 73.0 Å². The van der Waals surface area contributed by atoms with Crippen LogP contribution in [0.25, 0.3) is 5.82 Å². The molecule has 6 nitrogen and oxygen atoms in total. The van der Waals surface area contributed by atoms with Gasteiger partial charge in [-0.25, -0.2) is 9.97 Å². The lowest BCUT2D eigenvalue weighted by Crippen LogP contribution is -2.30. The number of nitrogens with one attached hydrogen (secondary N) is 1. The zero-order valence-corrected chi connectivity index (χ0v) is 12.5.